The number of fused-ring (bicyclic) bond motifs is 1. The number of hydrogen-bond acceptors (Lipinski definition) is 2. The van der Waals surface area contributed by atoms with Crippen LogP contribution in [0.4, 0.5) is 0 Å². The van der Waals surface area contributed by atoms with Crippen LogP contribution in [-0.4, -0.2) is 15.7 Å². The number of pyridine rings is 1. The lowest BCUT2D eigenvalue weighted by molar-refractivity contribution is 0.896. The molecule has 0 bridgehead atoms. The van der Waals surface area contributed by atoms with Crippen LogP contribution in [0.25, 0.3) is 11.0 Å². The molecular formula is C11H13IN2S. The Bertz CT molecular complexity index is 453. The molecule has 0 saturated carbocycles. The van der Waals surface area contributed by atoms with Gasteiger partial charge in [-0.25, -0.2) is 4.98 Å². The Kier molecular flexibility index (Phi) is 3.91. The van der Waals surface area contributed by atoms with Crippen molar-refractivity contribution in [3.63, 3.8) is 0 Å². The molecule has 4 heteroatoms. The number of hydrogen-bond donors (Lipinski definition) is 1. The second-order valence-electron chi connectivity index (χ2n) is 3.41. The van der Waals surface area contributed by atoms with Gasteiger partial charge in [0.2, 0.25) is 0 Å². The molecule has 0 spiro atoms. The van der Waals surface area contributed by atoms with Crippen molar-refractivity contribution in [3.8, 4) is 0 Å². The lowest BCUT2D eigenvalue weighted by Crippen LogP contribution is -1.82. The summed E-state index contributed by atoms with van der Waals surface area (Å²) in [6.07, 6.45) is 6.48. The summed E-state index contributed by atoms with van der Waals surface area (Å²) >= 11 is 4.23. The molecule has 0 aliphatic carbocycles. The smallest absolute Gasteiger partial charge is 0.138 e. The van der Waals surface area contributed by atoms with Gasteiger partial charge in [0.25, 0.3) is 0 Å². The van der Waals surface area contributed by atoms with E-state index < -0.39 is 0 Å². The number of aromatic amines is 1. The Morgan fingerprint density at radius 1 is 1.53 bits per heavy atom. The van der Waals surface area contributed by atoms with Crippen LogP contribution < -0.4 is 0 Å². The highest BCUT2D eigenvalue weighted by Crippen LogP contribution is 2.25. The second kappa shape index (κ2) is 5.21. The van der Waals surface area contributed by atoms with Crippen LogP contribution in [0.2, 0.25) is 0 Å². The highest BCUT2D eigenvalue weighted by atomic mass is 127. The standard InChI is InChI=1S/C11H13IN2S/c1-2-3-4-15-8-5-9-10(12)7-14-11(9)13-6-8/h5-7H,2-4H2,1H3,(H,13,14). The highest BCUT2D eigenvalue weighted by Gasteiger charge is 2.03. The fourth-order valence-corrected chi connectivity index (χ4v) is 2.93. The van der Waals surface area contributed by atoms with Gasteiger partial charge in [-0.3, -0.25) is 0 Å². The zero-order chi connectivity index (χ0) is 10.7. The molecule has 2 aromatic heterocycles. The molecule has 0 saturated heterocycles. The number of H-pyrrole nitrogens is 1. The van der Waals surface area contributed by atoms with Crippen molar-refractivity contribution in [1.82, 2.24) is 9.97 Å². The predicted molar refractivity (Wildman–Crippen MR) is 74.4 cm³/mol. The molecule has 0 aliphatic heterocycles. The molecule has 80 valence electrons. The third kappa shape index (κ3) is 2.66. The normalized spacial score (nSPS) is 11.1. The van der Waals surface area contributed by atoms with Gasteiger partial charge in [-0.2, -0.15) is 0 Å². The predicted octanol–water partition coefficient (Wildman–Crippen LogP) is 4.06. The minimum Gasteiger partial charge on any atom is -0.345 e. The van der Waals surface area contributed by atoms with Crippen molar-refractivity contribution in [2.75, 3.05) is 5.75 Å². The average molecular weight is 332 g/mol. The lowest BCUT2D eigenvalue weighted by atomic mass is 10.3. The SMILES string of the molecule is CCCCSc1cnc2[nH]cc(I)c2c1. The number of thioether (sulfide) groups is 1. The Morgan fingerprint density at radius 2 is 2.40 bits per heavy atom. The quantitative estimate of drug-likeness (QED) is 0.520. The van der Waals surface area contributed by atoms with Gasteiger partial charge in [-0.15, -0.1) is 11.8 Å². The van der Waals surface area contributed by atoms with E-state index in [0.29, 0.717) is 0 Å². The molecule has 0 aromatic carbocycles. The average Bonchev–Trinajstić information content (AvgIpc) is 2.61. The van der Waals surface area contributed by atoms with Crippen LogP contribution in [0, 0.1) is 3.57 Å². The van der Waals surface area contributed by atoms with Gasteiger partial charge >= 0.3 is 0 Å². The summed E-state index contributed by atoms with van der Waals surface area (Å²) < 4.78 is 1.24. The lowest BCUT2D eigenvalue weighted by Gasteiger charge is -2.00. The summed E-state index contributed by atoms with van der Waals surface area (Å²) in [7, 11) is 0. The molecule has 0 unspecified atom stereocenters. The van der Waals surface area contributed by atoms with E-state index in [1.54, 1.807) is 0 Å². The van der Waals surface area contributed by atoms with E-state index in [1.807, 2.05) is 24.2 Å². The van der Waals surface area contributed by atoms with Crippen LogP contribution >= 0.6 is 34.4 Å². The summed E-state index contributed by atoms with van der Waals surface area (Å²) in [4.78, 5) is 8.83. The molecule has 15 heavy (non-hydrogen) atoms. The fourth-order valence-electron chi connectivity index (χ4n) is 1.37. The van der Waals surface area contributed by atoms with Crippen molar-refractivity contribution < 1.29 is 0 Å². The minimum atomic E-state index is 0.985. The van der Waals surface area contributed by atoms with E-state index in [-0.39, 0.29) is 0 Å². The molecule has 2 aromatic rings. The summed E-state index contributed by atoms with van der Waals surface area (Å²) in [5.74, 6) is 1.19. The van der Waals surface area contributed by atoms with Crippen LogP contribution in [0.5, 0.6) is 0 Å². The highest BCUT2D eigenvalue weighted by molar-refractivity contribution is 14.1. The maximum atomic E-state index is 4.40. The zero-order valence-electron chi connectivity index (χ0n) is 8.59. The summed E-state index contributed by atoms with van der Waals surface area (Å²) in [5, 5.41) is 1.23. The largest absolute Gasteiger partial charge is 0.345 e. The third-order valence-electron chi connectivity index (χ3n) is 2.22. The van der Waals surface area contributed by atoms with E-state index in [9.17, 15) is 0 Å². The Hall–Kier alpha value is -0.230. The number of rotatable bonds is 4. The molecule has 0 aliphatic rings. The van der Waals surface area contributed by atoms with Crippen molar-refractivity contribution in [2.24, 2.45) is 0 Å². The summed E-state index contributed by atoms with van der Waals surface area (Å²) in [6.45, 7) is 2.22. The van der Waals surface area contributed by atoms with E-state index in [1.165, 1.54) is 32.4 Å². The van der Waals surface area contributed by atoms with E-state index in [4.69, 9.17) is 0 Å². The molecule has 2 nitrogen and oxygen atoms in total. The van der Waals surface area contributed by atoms with Gasteiger partial charge in [-0.1, -0.05) is 13.3 Å². The van der Waals surface area contributed by atoms with Crippen molar-refractivity contribution >= 4 is 45.4 Å². The van der Waals surface area contributed by atoms with E-state index >= 15 is 0 Å². The third-order valence-corrected chi connectivity index (χ3v) is 4.16. The molecule has 0 amide bonds. The zero-order valence-corrected chi connectivity index (χ0v) is 11.6. The number of unbranched alkanes of at least 4 members (excludes halogenated alkanes) is 1. The summed E-state index contributed by atoms with van der Waals surface area (Å²) in [6, 6.07) is 2.22. The van der Waals surface area contributed by atoms with Crippen LogP contribution in [0.15, 0.2) is 23.4 Å². The fraction of sp³-hybridized carbons (Fsp3) is 0.364. The van der Waals surface area contributed by atoms with Crippen LogP contribution in [0.1, 0.15) is 19.8 Å². The maximum absolute atomic E-state index is 4.40. The van der Waals surface area contributed by atoms with Gasteiger partial charge in [0, 0.05) is 26.2 Å². The van der Waals surface area contributed by atoms with Crippen LogP contribution in [-0.2, 0) is 0 Å². The van der Waals surface area contributed by atoms with Crippen molar-refractivity contribution in [3.05, 3.63) is 22.0 Å². The molecule has 1 N–H and O–H groups in total. The Balaban J connectivity index is 2.18. The maximum Gasteiger partial charge on any atom is 0.138 e. The topological polar surface area (TPSA) is 28.7 Å². The first-order chi connectivity index (χ1) is 7.31. The van der Waals surface area contributed by atoms with E-state index in [2.05, 4.69) is 45.5 Å². The van der Waals surface area contributed by atoms with Gasteiger partial charge < -0.3 is 4.98 Å². The molecule has 0 atom stereocenters. The van der Waals surface area contributed by atoms with Gasteiger partial charge in [0.15, 0.2) is 0 Å². The molecule has 2 heterocycles. The molecular weight excluding hydrogens is 319 g/mol. The Morgan fingerprint density at radius 3 is 3.20 bits per heavy atom. The second-order valence-corrected chi connectivity index (χ2v) is 5.74. The molecule has 0 radical (unpaired) electrons. The monoisotopic (exact) mass is 332 g/mol. The van der Waals surface area contributed by atoms with Crippen LogP contribution in [0.3, 0.4) is 0 Å². The van der Waals surface area contributed by atoms with Crippen molar-refractivity contribution in [2.45, 2.75) is 24.7 Å². The number of halogens is 1. The van der Waals surface area contributed by atoms with Gasteiger partial charge in [-0.05, 0) is 40.8 Å². The first kappa shape index (κ1) is 11.3. The first-order valence-electron chi connectivity index (χ1n) is 5.06. The Labute approximate surface area is 107 Å². The van der Waals surface area contributed by atoms with Gasteiger partial charge in [0.05, 0.1) is 0 Å². The summed E-state index contributed by atoms with van der Waals surface area (Å²) in [5.41, 5.74) is 0.985. The van der Waals surface area contributed by atoms with Crippen molar-refractivity contribution in [1.29, 1.82) is 0 Å². The van der Waals surface area contributed by atoms with E-state index in [0.717, 1.165) is 5.65 Å². The molecule has 0 fully saturated rings. The first-order valence-corrected chi connectivity index (χ1v) is 7.13. The number of aromatic nitrogens is 2. The van der Waals surface area contributed by atoms with Gasteiger partial charge in [0.1, 0.15) is 5.65 Å². The number of nitrogens with zero attached hydrogens (tertiary/aromatic N) is 1. The molecule has 2 rings (SSSR count). The minimum absolute atomic E-state index is 0.985. The number of nitrogens with one attached hydrogen (secondary N) is 1.